The van der Waals surface area contributed by atoms with Crippen LogP contribution in [0.25, 0.3) is 0 Å². The Balaban J connectivity index is 2.51. The van der Waals surface area contributed by atoms with Crippen LogP contribution >= 0.6 is 0 Å². The first-order valence-electron chi connectivity index (χ1n) is 6.03. The van der Waals surface area contributed by atoms with Gasteiger partial charge in [0.15, 0.2) is 0 Å². The normalized spacial score (nSPS) is 11.8. The molecule has 0 amide bonds. The molecular formula is C14H7F6N3. The molecule has 2 aromatic rings. The molecule has 0 saturated carbocycles. The van der Waals surface area contributed by atoms with Crippen LogP contribution in [0.15, 0.2) is 24.4 Å². The number of hydrogen-bond donors (Lipinski definition) is 0. The first-order chi connectivity index (χ1) is 10.6. The van der Waals surface area contributed by atoms with Crippen molar-refractivity contribution in [2.24, 2.45) is 0 Å². The zero-order valence-electron chi connectivity index (χ0n) is 11.4. The van der Waals surface area contributed by atoms with Gasteiger partial charge in [0, 0.05) is 5.56 Å². The molecule has 0 saturated heterocycles. The van der Waals surface area contributed by atoms with Crippen molar-refractivity contribution in [2.75, 3.05) is 0 Å². The molecule has 0 unspecified atom stereocenters. The summed E-state index contributed by atoms with van der Waals surface area (Å²) in [7, 11) is 0. The van der Waals surface area contributed by atoms with Crippen LogP contribution in [0.1, 0.15) is 28.2 Å². The first-order valence-corrected chi connectivity index (χ1v) is 6.03. The van der Waals surface area contributed by atoms with Gasteiger partial charge in [-0.15, -0.1) is 5.10 Å². The van der Waals surface area contributed by atoms with E-state index < -0.39 is 29.0 Å². The molecule has 0 fully saturated rings. The van der Waals surface area contributed by atoms with Gasteiger partial charge in [0.25, 0.3) is 0 Å². The van der Waals surface area contributed by atoms with E-state index >= 15 is 0 Å². The highest BCUT2D eigenvalue weighted by Gasteiger charge is 2.36. The zero-order chi connectivity index (χ0) is 17.3. The van der Waals surface area contributed by atoms with Crippen LogP contribution < -0.4 is 0 Å². The minimum atomic E-state index is -4.92. The molecule has 0 aliphatic heterocycles. The van der Waals surface area contributed by atoms with E-state index in [0.717, 1.165) is 0 Å². The van der Waals surface area contributed by atoms with Crippen molar-refractivity contribution in [2.45, 2.75) is 19.3 Å². The highest BCUT2D eigenvalue weighted by Crippen LogP contribution is 2.36. The molecule has 3 nitrogen and oxygen atoms in total. The third-order valence-corrected chi connectivity index (χ3v) is 2.59. The van der Waals surface area contributed by atoms with Gasteiger partial charge in [-0.1, -0.05) is 5.92 Å². The highest BCUT2D eigenvalue weighted by molar-refractivity contribution is 5.44. The van der Waals surface area contributed by atoms with Crippen LogP contribution in [-0.4, -0.2) is 15.2 Å². The summed E-state index contributed by atoms with van der Waals surface area (Å²) in [6, 6.07) is 1.10. The third kappa shape index (κ3) is 4.42. The van der Waals surface area contributed by atoms with Gasteiger partial charge in [-0.05, 0) is 31.0 Å². The lowest BCUT2D eigenvalue weighted by Crippen LogP contribution is -2.11. The lowest BCUT2D eigenvalue weighted by atomic mass is 10.0. The number of halogens is 6. The minimum absolute atomic E-state index is 0.0376. The number of rotatable bonds is 0. The number of aromatic nitrogens is 3. The molecule has 0 atom stereocenters. The number of aryl methyl sites for hydroxylation is 1. The van der Waals surface area contributed by atoms with E-state index in [0.29, 0.717) is 17.8 Å². The quantitative estimate of drug-likeness (QED) is 0.547. The topological polar surface area (TPSA) is 38.7 Å². The third-order valence-electron chi connectivity index (χ3n) is 2.59. The van der Waals surface area contributed by atoms with Crippen LogP contribution in [0.4, 0.5) is 26.3 Å². The fourth-order valence-electron chi connectivity index (χ4n) is 1.59. The minimum Gasteiger partial charge on any atom is -0.223 e. The van der Waals surface area contributed by atoms with Gasteiger partial charge < -0.3 is 0 Å². The second-order valence-electron chi connectivity index (χ2n) is 4.47. The molecule has 0 aliphatic rings. The predicted octanol–water partition coefficient (Wildman–Crippen LogP) is 3.62. The smallest absolute Gasteiger partial charge is 0.223 e. The van der Waals surface area contributed by atoms with Crippen molar-refractivity contribution in [1.29, 1.82) is 0 Å². The lowest BCUT2D eigenvalue weighted by molar-refractivity contribution is -0.143. The standard InChI is InChI=1S/C14H7F6N3/c1-8-7-21-23-12(22-8)3-2-9-4-10(13(15,16)17)6-11(5-9)14(18,19)20/h4-7H,1H3. The van der Waals surface area contributed by atoms with Crippen molar-refractivity contribution in [1.82, 2.24) is 15.2 Å². The molecule has 1 heterocycles. The average Bonchev–Trinajstić information content (AvgIpc) is 2.43. The summed E-state index contributed by atoms with van der Waals surface area (Å²) < 4.78 is 76.2. The van der Waals surface area contributed by atoms with E-state index in [1.807, 2.05) is 0 Å². The zero-order valence-corrected chi connectivity index (χ0v) is 11.4. The van der Waals surface area contributed by atoms with Crippen LogP contribution in [0.2, 0.25) is 0 Å². The Bertz CT molecular complexity index is 751. The van der Waals surface area contributed by atoms with E-state index in [9.17, 15) is 26.3 Å². The lowest BCUT2D eigenvalue weighted by Gasteiger charge is -2.12. The van der Waals surface area contributed by atoms with E-state index in [-0.39, 0.29) is 11.9 Å². The number of alkyl halides is 6. The fourth-order valence-corrected chi connectivity index (χ4v) is 1.59. The maximum Gasteiger partial charge on any atom is 0.416 e. The molecule has 1 aromatic heterocycles. The summed E-state index contributed by atoms with van der Waals surface area (Å²) in [6.07, 6.45) is -8.50. The molecule has 0 spiro atoms. The van der Waals surface area contributed by atoms with Crippen molar-refractivity contribution in [3.8, 4) is 11.8 Å². The maximum absolute atomic E-state index is 12.7. The van der Waals surface area contributed by atoms with Gasteiger partial charge >= 0.3 is 12.4 Å². The van der Waals surface area contributed by atoms with E-state index in [2.05, 4.69) is 27.0 Å². The van der Waals surface area contributed by atoms with Crippen LogP contribution in [0, 0.1) is 18.8 Å². The van der Waals surface area contributed by atoms with E-state index in [4.69, 9.17) is 0 Å². The second-order valence-corrected chi connectivity index (χ2v) is 4.47. The summed E-state index contributed by atoms with van der Waals surface area (Å²) in [5, 5.41) is 7.05. The van der Waals surface area contributed by atoms with Crippen molar-refractivity contribution >= 4 is 0 Å². The fraction of sp³-hybridized carbons (Fsp3) is 0.214. The number of benzene rings is 1. The van der Waals surface area contributed by atoms with E-state index in [1.165, 1.54) is 6.20 Å². The molecule has 0 aliphatic carbocycles. The molecule has 0 radical (unpaired) electrons. The second kappa shape index (κ2) is 5.87. The average molecular weight is 331 g/mol. The first kappa shape index (κ1) is 16.7. The molecule has 1 aromatic carbocycles. The molecule has 0 bridgehead atoms. The maximum atomic E-state index is 12.7. The number of hydrogen-bond acceptors (Lipinski definition) is 3. The summed E-state index contributed by atoms with van der Waals surface area (Å²) in [6.45, 7) is 1.59. The van der Waals surface area contributed by atoms with Crippen LogP contribution in [0.3, 0.4) is 0 Å². The van der Waals surface area contributed by atoms with Gasteiger partial charge in [0.1, 0.15) is 0 Å². The Morgan fingerprint density at radius 3 is 1.91 bits per heavy atom. The summed E-state index contributed by atoms with van der Waals surface area (Å²) >= 11 is 0. The summed E-state index contributed by atoms with van der Waals surface area (Å²) in [5.74, 6) is 4.39. The van der Waals surface area contributed by atoms with Crippen LogP contribution in [0.5, 0.6) is 0 Å². The molecular weight excluding hydrogens is 324 g/mol. The Kier molecular flexibility index (Phi) is 4.27. The van der Waals surface area contributed by atoms with Gasteiger partial charge in [0.2, 0.25) is 5.82 Å². The Labute approximate surface area is 126 Å². The van der Waals surface area contributed by atoms with Gasteiger partial charge in [-0.25, -0.2) is 4.98 Å². The monoisotopic (exact) mass is 331 g/mol. The Morgan fingerprint density at radius 2 is 1.43 bits per heavy atom. The molecule has 0 N–H and O–H groups in total. The highest BCUT2D eigenvalue weighted by atomic mass is 19.4. The molecule has 120 valence electrons. The number of nitrogens with zero attached hydrogens (tertiary/aromatic N) is 3. The van der Waals surface area contributed by atoms with Crippen molar-refractivity contribution < 1.29 is 26.3 Å². The summed E-state index contributed by atoms with van der Waals surface area (Å²) in [4.78, 5) is 3.84. The van der Waals surface area contributed by atoms with Gasteiger partial charge in [-0.3, -0.25) is 0 Å². The van der Waals surface area contributed by atoms with Gasteiger partial charge in [-0.2, -0.15) is 31.4 Å². The van der Waals surface area contributed by atoms with E-state index in [1.54, 1.807) is 6.92 Å². The molecule has 2 rings (SSSR count). The largest absolute Gasteiger partial charge is 0.416 e. The Morgan fingerprint density at radius 1 is 0.870 bits per heavy atom. The van der Waals surface area contributed by atoms with Gasteiger partial charge in [0.05, 0.1) is 23.0 Å². The predicted molar refractivity (Wildman–Crippen MR) is 67.0 cm³/mol. The summed E-state index contributed by atoms with van der Waals surface area (Å²) in [5.41, 5.74) is -2.85. The van der Waals surface area contributed by atoms with Crippen molar-refractivity contribution in [3.63, 3.8) is 0 Å². The molecule has 9 heteroatoms. The Hall–Kier alpha value is -2.63. The van der Waals surface area contributed by atoms with Crippen molar-refractivity contribution in [3.05, 3.63) is 52.6 Å². The molecule has 23 heavy (non-hydrogen) atoms. The van der Waals surface area contributed by atoms with Crippen LogP contribution in [-0.2, 0) is 12.4 Å². The SMILES string of the molecule is Cc1cnnc(C#Cc2cc(C(F)(F)F)cc(C(F)(F)F)c2)n1.